The van der Waals surface area contributed by atoms with Crippen LogP contribution in [-0.2, 0) is 0 Å². The number of aliphatic hydroxyl groups excluding tert-OH is 1. The van der Waals surface area contributed by atoms with E-state index in [1.165, 1.54) is 6.07 Å². The second-order valence-corrected chi connectivity index (χ2v) is 3.46. The summed E-state index contributed by atoms with van der Waals surface area (Å²) < 4.78 is 0. The number of halogens is 2. The average molecular weight is 236 g/mol. The summed E-state index contributed by atoms with van der Waals surface area (Å²) in [6, 6.07) is 4.63. The molecule has 4 nitrogen and oxygen atoms in total. The van der Waals surface area contributed by atoms with E-state index in [4.69, 9.17) is 23.2 Å². The maximum absolute atomic E-state index is 10.1. The molecule has 0 saturated heterocycles. The Bertz CT molecular complexity index is 356. The van der Waals surface area contributed by atoms with Gasteiger partial charge in [0.2, 0.25) is 6.54 Å². The lowest BCUT2D eigenvalue weighted by Gasteiger charge is -2.08. The van der Waals surface area contributed by atoms with Gasteiger partial charge in [-0.05, 0) is 6.07 Å². The molecule has 0 heterocycles. The zero-order valence-corrected chi connectivity index (χ0v) is 8.50. The SMILES string of the molecule is O=[N+]([O-])C[C@H](O)c1cccc(Cl)c1Cl. The van der Waals surface area contributed by atoms with Gasteiger partial charge in [0.25, 0.3) is 0 Å². The van der Waals surface area contributed by atoms with Gasteiger partial charge in [-0.1, -0.05) is 35.3 Å². The van der Waals surface area contributed by atoms with Crippen molar-refractivity contribution in [3.63, 3.8) is 0 Å². The molecule has 0 aliphatic heterocycles. The Balaban J connectivity index is 2.95. The quantitative estimate of drug-likeness (QED) is 0.646. The fraction of sp³-hybridized carbons (Fsp3) is 0.250. The van der Waals surface area contributed by atoms with Gasteiger partial charge in [0.15, 0.2) is 0 Å². The van der Waals surface area contributed by atoms with Crippen LogP contribution >= 0.6 is 23.2 Å². The van der Waals surface area contributed by atoms with Crippen molar-refractivity contribution in [2.75, 3.05) is 6.54 Å². The van der Waals surface area contributed by atoms with E-state index in [1.54, 1.807) is 12.1 Å². The van der Waals surface area contributed by atoms with Gasteiger partial charge in [-0.3, -0.25) is 10.1 Å². The molecule has 0 fully saturated rings. The monoisotopic (exact) mass is 235 g/mol. The van der Waals surface area contributed by atoms with Crippen LogP contribution in [0.3, 0.4) is 0 Å². The molecule has 0 spiro atoms. The number of nitro groups is 1. The first-order chi connectivity index (χ1) is 6.52. The van der Waals surface area contributed by atoms with Crippen molar-refractivity contribution in [3.05, 3.63) is 43.9 Å². The predicted molar refractivity (Wildman–Crippen MR) is 53.3 cm³/mol. The average Bonchev–Trinajstić information content (AvgIpc) is 2.08. The van der Waals surface area contributed by atoms with Gasteiger partial charge in [0.1, 0.15) is 6.10 Å². The van der Waals surface area contributed by atoms with E-state index in [0.717, 1.165) is 0 Å². The van der Waals surface area contributed by atoms with Gasteiger partial charge in [-0.25, -0.2) is 0 Å². The third-order valence-corrected chi connectivity index (χ3v) is 2.50. The van der Waals surface area contributed by atoms with Crippen LogP contribution in [-0.4, -0.2) is 16.6 Å². The molecule has 0 bridgehead atoms. The Morgan fingerprint density at radius 1 is 1.50 bits per heavy atom. The smallest absolute Gasteiger partial charge is 0.233 e. The molecule has 1 N–H and O–H groups in total. The number of rotatable bonds is 3. The largest absolute Gasteiger partial charge is 0.381 e. The van der Waals surface area contributed by atoms with Crippen molar-refractivity contribution >= 4 is 23.2 Å². The summed E-state index contributed by atoms with van der Waals surface area (Å²) in [7, 11) is 0. The highest BCUT2D eigenvalue weighted by Crippen LogP contribution is 2.29. The first kappa shape index (κ1) is 11.2. The van der Waals surface area contributed by atoms with Gasteiger partial charge in [-0.15, -0.1) is 0 Å². The molecule has 0 unspecified atom stereocenters. The van der Waals surface area contributed by atoms with Crippen molar-refractivity contribution in [3.8, 4) is 0 Å². The molecule has 0 aliphatic rings. The molecule has 14 heavy (non-hydrogen) atoms. The molecule has 0 amide bonds. The van der Waals surface area contributed by atoms with Gasteiger partial charge in [0.05, 0.1) is 10.0 Å². The first-order valence-corrected chi connectivity index (χ1v) is 4.51. The van der Waals surface area contributed by atoms with E-state index in [9.17, 15) is 15.2 Å². The molecule has 0 radical (unpaired) electrons. The highest BCUT2D eigenvalue weighted by Gasteiger charge is 2.18. The van der Waals surface area contributed by atoms with E-state index < -0.39 is 17.6 Å². The normalized spacial score (nSPS) is 12.5. The summed E-state index contributed by atoms with van der Waals surface area (Å²) in [5, 5.41) is 20.0. The molecule has 1 aromatic rings. The van der Waals surface area contributed by atoms with Crippen LogP contribution in [0.25, 0.3) is 0 Å². The van der Waals surface area contributed by atoms with E-state index in [-0.39, 0.29) is 15.6 Å². The Labute approximate surface area is 90.2 Å². The van der Waals surface area contributed by atoms with Crippen molar-refractivity contribution in [2.24, 2.45) is 0 Å². The zero-order valence-electron chi connectivity index (χ0n) is 6.98. The molecular weight excluding hydrogens is 229 g/mol. The van der Waals surface area contributed by atoms with E-state index in [0.29, 0.717) is 0 Å². The maximum atomic E-state index is 10.1. The Kier molecular flexibility index (Phi) is 3.69. The summed E-state index contributed by atoms with van der Waals surface area (Å²) in [6.45, 7) is -0.583. The number of hydrogen-bond acceptors (Lipinski definition) is 3. The summed E-state index contributed by atoms with van der Waals surface area (Å²) in [5.74, 6) is 0. The van der Waals surface area contributed by atoms with Gasteiger partial charge < -0.3 is 5.11 Å². The molecule has 0 aromatic heterocycles. The van der Waals surface area contributed by atoms with Crippen LogP contribution in [0.1, 0.15) is 11.7 Å². The minimum absolute atomic E-state index is 0.156. The number of benzene rings is 1. The summed E-state index contributed by atoms with van der Waals surface area (Å²) >= 11 is 11.4. The highest BCUT2D eigenvalue weighted by molar-refractivity contribution is 6.42. The number of nitrogens with zero attached hydrogens (tertiary/aromatic N) is 1. The topological polar surface area (TPSA) is 63.4 Å². The van der Waals surface area contributed by atoms with E-state index >= 15 is 0 Å². The summed E-state index contributed by atoms with van der Waals surface area (Å²) in [6.07, 6.45) is -1.23. The lowest BCUT2D eigenvalue weighted by Crippen LogP contribution is -2.12. The van der Waals surface area contributed by atoms with Crippen LogP contribution in [0.2, 0.25) is 10.0 Å². The predicted octanol–water partition coefficient (Wildman–Crippen LogP) is 2.30. The number of hydrogen-bond donors (Lipinski definition) is 1. The molecule has 0 aliphatic carbocycles. The fourth-order valence-electron chi connectivity index (χ4n) is 1.02. The molecule has 1 rings (SSSR count). The van der Waals surface area contributed by atoms with E-state index in [2.05, 4.69) is 0 Å². The third kappa shape index (κ3) is 2.57. The van der Waals surface area contributed by atoms with Gasteiger partial charge in [0, 0.05) is 10.5 Å². The lowest BCUT2D eigenvalue weighted by molar-refractivity contribution is -0.491. The standard InChI is InChI=1S/C8H7Cl2NO3/c9-6-3-1-2-5(8(6)10)7(12)4-11(13)14/h1-3,7,12H,4H2/t7-/m0/s1. The summed E-state index contributed by atoms with van der Waals surface area (Å²) in [4.78, 5) is 9.54. The van der Waals surface area contributed by atoms with Crippen LogP contribution in [0.15, 0.2) is 18.2 Å². The van der Waals surface area contributed by atoms with E-state index in [1.807, 2.05) is 0 Å². The highest BCUT2D eigenvalue weighted by atomic mass is 35.5. The van der Waals surface area contributed by atoms with Gasteiger partial charge in [-0.2, -0.15) is 0 Å². The van der Waals surface area contributed by atoms with Crippen LogP contribution in [0.4, 0.5) is 0 Å². The van der Waals surface area contributed by atoms with Crippen LogP contribution < -0.4 is 0 Å². The molecular formula is C8H7Cl2NO3. The molecule has 6 heteroatoms. The van der Waals surface area contributed by atoms with Crippen LogP contribution in [0, 0.1) is 10.1 Å². The first-order valence-electron chi connectivity index (χ1n) is 3.76. The zero-order chi connectivity index (χ0) is 10.7. The lowest BCUT2D eigenvalue weighted by atomic mass is 10.1. The van der Waals surface area contributed by atoms with Crippen molar-refractivity contribution in [1.82, 2.24) is 0 Å². The second-order valence-electron chi connectivity index (χ2n) is 2.67. The minimum Gasteiger partial charge on any atom is -0.381 e. The van der Waals surface area contributed by atoms with Crippen molar-refractivity contribution in [1.29, 1.82) is 0 Å². The Morgan fingerprint density at radius 2 is 2.14 bits per heavy atom. The fourth-order valence-corrected chi connectivity index (χ4v) is 1.45. The molecule has 1 atom stereocenters. The minimum atomic E-state index is -1.23. The Hall–Kier alpha value is -0.840. The Morgan fingerprint density at radius 3 is 2.71 bits per heavy atom. The third-order valence-electron chi connectivity index (χ3n) is 1.66. The van der Waals surface area contributed by atoms with Gasteiger partial charge >= 0.3 is 0 Å². The molecule has 0 saturated carbocycles. The van der Waals surface area contributed by atoms with Crippen molar-refractivity contribution in [2.45, 2.75) is 6.10 Å². The molecule has 76 valence electrons. The summed E-state index contributed by atoms with van der Waals surface area (Å²) in [5.41, 5.74) is 0.274. The second kappa shape index (κ2) is 4.59. The van der Waals surface area contributed by atoms with Crippen LogP contribution in [0.5, 0.6) is 0 Å². The molecule has 1 aromatic carbocycles. The van der Waals surface area contributed by atoms with Crippen molar-refractivity contribution < 1.29 is 10.0 Å². The maximum Gasteiger partial charge on any atom is 0.233 e. The number of aliphatic hydroxyl groups is 1.